The van der Waals surface area contributed by atoms with Gasteiger partial charge in [-0.05, 0) is 48.6 Å². The molecule has 1 saturated carbocycles. The number of amides is 1. The summed E-state index contributed by atoms with van der Waals surface area (Å²) in [7, 11) is 1.64. The van der Waals surface area contributed by atoms with Gasteiger partial charge < -0.3 is 10.1 Å². The molecule has 126 valence electrons. The van der Waals surface area contributed by atoms with E-state index in [1.807, 2.05) is 6.92 Å². The molecule has 0 unspecified atom stereocenters. The lowest BCUT2D eigenvalue weighted by Gasteiger charge is -2.13. The van der Waals surface area contributed by atoms with Crippen molar-refractivity contribution in [3.05, 3.63) is 51.0 Å². The molecule has 4 rings (SSSR count). The predicted octanol–water partition coefficient (Wildman–Crippen LogP) is 3.30. The van der Waals surface area contributed by atoms with Crippen LogP contribution in [0.4, 0.5) is 0 Å². The number of hydrogen-bond donors (Lipinski definition) is 1. The van der Waals surface area contributed by atoms with E-state index in [1.54, 1.807) is 7.11 Å². The summed E-state index contributed by atoms with van der Waals surface area (Å²) < 4.78 is 5.10. The lowest BCUT2D eigenvalue weighted by Crippen LogP contribution is -2.26. The van der Waals surface area contributed by atoms with Crippen molar-refractivity contribution < 1.29 is 9.53 Å². The van der Waals surface area contributed by atoms with E-state index >= 15 is 0 Å². The van der Waals surface area contributed by atoms with Gasteiger partial charge in [-0.3, -0.25) is 4.79 Å². The molecule has 5 heteroatoms. The summed E-state index contributed by atoms with van der Waals surface area (Å²) in [6.45, 7) is 3.11. The van der Waals surface area contributed by atoms with Crippen molar-refractivity contribution in [3.63, 3.8) is 0 Å². The third-order valence-electron chi connectivity index (χ3n) is 5.31. The first kappa shape index (κ1) is 15.8. The Hall–Kier alpha value is -1.72. The summed E-state index contributed by atoms with van der Waals surface area (Å²) in [5.41, 5.74) is 3.79. The maximum Gasteiger partial charge on any atom is 0.263 e. The number of methoxy groups -OCH3 is 1. The Balaban J connectivity index is 1.39. The zero-order valence-electron chi connectivity index (χ0n) is 14.0. The van der Waals surface area contributed by atoms with E-state index in [-0.39, 0.29) is 5.91 Å². The minimum absolute atomic E-state index is 0.00397. The van der Waals surface area contributed by atoms with Gasteiger partial charge >= 0.3 is 0 Å². The largest absolute Gasteiger partial charge is 0.378 e. The highest BCUT2D eigenvalue weighted by atomic mass is 32.1. The van der Waals surface area contributed by atoms with Crippen LogP contribution in [0.1, 0.15) is 43.8 Å². The molecule has 1 amide bonds. The third kappa shape index (κ3) is 2.76. The van der Waals surface area contributed by atoms with Gasteiger partial charge in [-0.15, -0.1) is 11.3 Å². The van der Waals surface area contributed by atoms with Gasteiger partial charge in [0.15, 0.2) is 0 Å². The highest BCUT2D eigenvalue weighted by Gasteiger charge is 2.52. The van der Waals surface area contributed by atoms with Gasteiger partial charge in [-0.25, -0.2) is 4.98 Å². The van der Waals surface area contributed by atoms with Crippen LogP contribution in [0.3, 0.4) is 0 Å². The van der Waals surface area contributed by atoms with Gasteiger partial charge in [0.25, 0.3) is 5.91 Å². The van der Waals surface area contributed by atoms with Crippen LogP contribution in [0.2, 0.25) is 0 Å². The molecule has 1 aromatic heterocycles. The molecular weight excluding hydrogens is 320 g/mol. The van der Waals surface area contributed by atoms with Crippen LogP contribution in [0, 0.1) is 18.8 Å². The number of aromatic nitrogens is 1. The van der Waals surface area contributed by atoms with Gasteiger partial charge in [-0.2, -0.15) is 0 Å². The highest BCUT2D eigenvalue weighted by Crippen LogP contribution is 2.59. The fourth-order valence-corrected chi connectivity index (χ4v) is 5.08. The molecule has 1 heterocycles. The summed E-state index contributed by atoms with van der Waals surface area (Å²) in [6, 6.07) is 8.77. The lowest BCUT2D eigenvalue weighted by atomic mass is 9.92. The van der Waals surface area contributed by atoms with Gasteiger partial charge in [0.1, 0.15) is 9.88 Å². The number of nitrogens with zero attached hydrogens (tertiary/aromatic N) is 1. The van der Waals surface area contributed by atoms with Crippen LogP contribution in [0.5, 0.6) is 0 Å². The topological polar surface area (TPSA) is 51.2 Å². The van der Waals surface area contributed by atoms with E-state index in [1.165, 1.54) is 35.3 Å². The SMILES string of the molecule is COCc1nc(C)c(C(=O)NC[C@@H]2[C@@H]3CCc4ccccc4[C@H]23)s1. The Bertz CT molecular complexity index is 770. The zero-order chi connectivity index (χ0) is 16.7. The monoisotopic (exact) mass is 342 g/mol. The zero-order valence-corrected chi connectivity index (χ0v) is 14.9. The van der Waals surface area contributed by atoms with Crippen molar-refractivity contribution in [2.75, 3.05) is 13.7 Å². The first-order valence-electron chi connectivity index (χ1n) is 8.50. The molecule has 0 spiro atoms. The molecule has 2 aliphatic carbocycles. The summed E-state index contributed by atoms with van der Waals surface area (Å²) >= 11 is 1.43. The van der Waals surface area contributed by atoms with Gasteiger partial charge in [-0.1, -0.05) is 24.3 Å². The van der Waals surface area contributed by atoms with Crippen molar-refractivity contribution in [1.82, 2.24) is 10.3 Å². The van der Waals surface area contributed by atoms with E-state index in [0.717, 1.165) is 23.2 Å². The number of carbonyl (C=O) groups excluding carboxylic acids is 1. The van der Waals surface area contributed by atoms with Gasteiger partial charge in [0.05, 0.1) is 12.3 Å². The average Bonchev–Trinajstić information content (AvgIpc) is 3.19. The van der Waals surface area contributed by atoms with Gasteiger partial charge in [0, 0.05) is 13.7 Å². The second-order valence-corrected chi connectivity index (χ2v) is 7.84. The summed E-state index contributed by atoms with van der Waals surface area (Å²) in [5.74, 6) is 1.97. The number of carbonyl (C=O) groups is 1. The molecule has 4 nitrogen and oxygen atoms in total. The van der Waals surface area contributed by atoms with Crippen LogP contribution < -0.4 is 5.32 Å². The Labute approximate surface area is 146 Å². The molecule has 0 aliphatic heterocycles. The normalized spacial score (nSPS) is 24.2. The van der Waals surface area contributed by atoms with Crippen LogP contribution in [0.15, 0.2) is 24.3 Å². The Morgan fingerprint density at radius 1 is 1.42 bits per heavy atom. The number of fused-ring (bicyclic) bond motifs is 3. The number of ether oxygens (including phenoxy) is 1. The lowest BCUT2D eigenvalue weighted by molar-refractivity contribution is 0.0954. The fourth-order valence-electron chi connectivity index (χ4n) is 4.13. The molecule has 1 N–H and O–H groups in total. The van der Waals surface area contributed by atoms with E-state index < -0.39 is 0 Å². The molecule has 24 heavy (non-hydrogen) atoms. The van der Waals surface area contributed by atoms with E-state index in [4.69, 9.17) is 4.74 Å². The minimum Gasteiger partial charge on any atom is -0.378 e. The van der Waals surface area contributed by atoms with E-state index in [2.05, 4.69) is 34.6 Å². The molecule has 0 bridgehead atoms. The van der Waals surface area contributed by atoms with Crippen LogP contribution in [-0.2, 0) is 17.8 Å². The van der Waals surface area contributed by atoms with Crippen LogP contribution >= 0.6 is 11.3 Å². The maximum absolute atomic E-state index is 12.5. The molecule has 2 aromatic rings. The van der Waals surface area contributed by atoms with E-state index in [9.17, 15) is 4.79 Å². The number of nitrogens with one attached hydrogen (secondary N) is 1. The second kappa shape index (κ2) is 6.30. The quantitative estimate of drug-likeness (QED) is 0.907. The van der Waals surface area contributed by atoms with E-state index in [0.29, 0.717) is 23.3 Å². The standard InChI is InChI=1S/C19H22N2O2S/c1-11-18(24-16(21-11)10-23-2)19(22)20-9-15-14-8-7-12-5-3-4-6-13(12)17(14)15/h3-6,14-15,17H,7-10H2,1-2H3,(H,20,22)/t14-,15+,17-/m0/s1. The first-order chi connectivity index (χ1) is 11.7. The Morgan fingerprint density at radius 2 is 2.25 bits per heavy atom. The molecule has 2 aliphatic rings. The first-order valence-corrected chi connectivity index (χ1v) is 9.32. The summed E-state index contributed by atoms with van der Waals surface area (Å²) in [6.07, 6.45) is 2.43. The summed E-state index contributed by atoms with van der Waals surface area (Å²) in [5, 5.41) is 3.99. The Morgan fingerprint density at radius 3 is 3.08 bits per heavy atom. The molecule has 3 atom stereocenters. The predicted molar refractivity (Wildman–Crippen MR) is 94.4 cm³/mol. The van der Waals surface area contributed by atoms with Crippen molar-refractivity contribution >= 4 is 17.2 Å². The molecule has 0 saturated heterocycles. The maximum atomic E-state index is 12.5. The molecule has 1 fully saturated rings. The van der Waals surface area contributed by atoms with Crippen molar-refractivity contribution in [3.8, 4) is 0 Å². The smallest absolute Gasteiger partial charge is 0.263 e. The number of rotatable bonds is 5. The van der Waals surface area contributed by atoms with Crippen LogP contribution in [0.25, 0.3) is 0 Å². The third-order valence-corrected chi connectivity index (χ3v) is 6.44. The van der Waals surface area contributed by atoms with Crippen molar-refractivity contribution in [2.24, 2.45) is 11.8 Å². The number of benzene rings is 1. The minimum atomic E-state index is 0.00397. The number of thiazole rings is 1. The van der Waals surface area contributed by atoms with Crippen LogP contribution in [-0.4, -0.2) is 24.5 Å². The van der Waals surface area contributed by atoms with Crippen molar-refractivity contribution in [1.29, 1.82) is 0 Å². The van der Waals surface area contributed by atoms with Gasteiger partial charge in [0.2, 0.25) is 0 Å². The highest BCUT2D eigenvalue weighted by molar-refractivity contribution is 7.13. The molecular formula is C19H22N2O2S. The van der Waals surface area contributed by atoms with Crippen molar-refractivity contribution in [2.45, 2.75) is 32.3 Å². The average molecular weight is 342 g/mol. The fraction of sp³-hybridized carbons (Fsp3) is 0.474. The number of hydrogen-bond acceptors (Lipinski definition) is 4. The number of aryl methyl sites for hydroxylation is 2. The molecule has 0 radical (unpaired) electrons. The molecule has 1 aromatic carbocycles. The summed E-state index contributed by atoms with van der Waals surface area (Å²) in [4.78, 5) is 17.6. The second-order valence-electron chi connectivity index (χ2n) is 6.76. The Kier molecular flexibility index (Phi) is 4.14.